The van der Waals surface area contributed by atoms with Crippen molar-refractivity contribution in [3.05, 3.63) is 40.1 Å². The Kier molecular flexibility index (Phi) is 5.90. The first-order valence-electron chi connectivity index (χ1n) is 8.05. The molecule has 3 rings (SSSR count). The van der Waals surface area contributed by atoms with Gasteiger partial charge >= 0.3 is 0 Å². The van der Waals surface area contributed by atoms with E-state index >= 15 is 0 Å². The minimum Gasteiger partial charge on any atom is -0.341 e. The zero-order chi connectivity index (χ0) is 17.8. The molecule has 25 heavy (non-hydrogen) atoms. The Morgan fingerprint density at radius 2 is 1.96 bits per heavy atom. The summed E-state index contributed by atoms with van der Waals surface area (Å²) < 4.78 is 26.7. The number of carbonyl (C=O) groups excluding carboxylic acids is 1. The van der Waals surface area contributed by atoms with Crippen molar-refractivity contribution in [3.8, 4) is 0 Å². The van der Waals surface area contributed by atoms with Crippen molar-refractivity contribution in [1.82, 2.24) is 9.47 Å². The average molecular weight is 383 g/mol. The van der Waals surface area contributed by atoms with E-state index in [2.05, 4.69) is 4.99 Å². The van der Waals surface area contributed by atoms with Crippen LogP contribution in [0.1, 0.15) is 18.5 Å². The lowest BCUT2D eigenvalue weighted by molar-refractivity contribution is -0.130. The van der Waals surface area contributed by atoms with E-state index in [1.54, 1.807) is 24.3 Å². The molecule has 1 aromatic heterocycles. The largest absolute Gasteiger partial charge is 0.341 e. The molecule has 0 aliphatic carbocycles. The van der Waals surface area contributed by atoms with Gasteiger partial charge in [-0.2, -0.15) is 8.78 Å². The number of aromatic nitrogens is 1. The highest BCUT2D eigenvalue weighted by atomic mass is 32.2. The Hall–Kier alpha value is -1.67. The van der Waals surface area contributed by atoms with Crippen LogP contribution in [-0.4, -0.2) is 34.2 Å². The van der Waals surface area contributed by atoms with E-state index in [0.717, 1.165) is 36.4 Å². The Labute approximate surface area is 153 Å². The second-order valence-electron chi connectivity index (χ2n) is 5.82. The van der Waals surface area contributed by atoms with Crippen LogP contribution >= 0.6 is 23.1 Å². The second-order valence-corrected chi connectivity index (χ2v) is 7.72. The van der Waals surface area contributed by atoms with Crippen LogP contribution in [0.25, 0.3) is 0 Å². The number of hydrogen-bond acceptors (Lipinski definition) is 4. The fourth-order valence-electron chi connectivity index (χ4n) is 2.71. The first kappa shape index (κ1) is 18.1. The van der Waals surface area contributed by atoms with Crippen molar-refractivity contribution >= 4 is 34.7 Å². The topological polar surface area (TPSA) is 37.6 Å². The van der Waals surface area contributed by atoms with Crippen molar-refractivity contribution < 1.29 is 13.6 Å². The first-order chi connectivity index (χ1) is 12.0. The molecule has 1 aromatic carbocycles. The Morgan fingerprint density at radius 1 is 1.28 bits per heavy atom. The zero-order valence-electron chi connectivity index (χ0n) is 13.8. The average Bonchev–Trinajstić information content (AvgIpc) is 3.21. The van der Waals surface area contributed by atoms with Crippen LogP contribution in [0.2, 0.25) is 0 Å². The number of thiazole rings is 1. The Morgan fingerprint density at radius 3 is 2.60 bits per heavy atom. The molecule has 1 aliphatic rings. The monoisotopic (exact) mass is 383 g/mol. The number of rotatable bonds is 5. The van der Waals surface area contributed by atoms with Crippen LogP contribution in [0.15, 0.2) is 39.5 Å². The van der Waals surface area contributed by atoms with Gasteiger partial charge in [-0.3, -0.25) is 4.79 Å². The number of thioether (sulfide) groups is 1. The predicted octanol–water partition coefficient (Wildman–Crippen LogP) is 4.03. The first-order valence-corrected chi connectivity index (χ1v) is 9.81. The van der Waals surface area contributed by atoms with Gasteiger partial charge in [0.05, 0.1) is 5.69 Å². The summed E-state index contributed by atoms with van der Waals surface area (Å²) >= 11 is 1.99. The number of aryl methyl sites for hydroxylation is 1. The van der Waals surface area contributed by atoms with Crippen LogP contribution in [0.5, 0.6) is 0 Å². The molecule has 1 amide bonds. The van der Waals surface area contributed by atoms with E-state index < -0.39 is 5.76 Å². The van der Waals surface area contributed by atoms with E-state index in [-0.39, 0.29) is 12.5 Å². The van der Waals surface area contributed by atoms with Gasteiger partial charge < -0.3 is 9.47 Å². The van der Waals surface area contributed by atoms with E-state index in [9.17, 15) is 13.6 Å². The fourth-order valence-corrected chi connectivity index (χ4v) is 4.11. The Balaban J connectivity index is 1.80. The molecule has 8 heteroatoms. The van der Waals surface area contributed by atoms with Crippen molar-refractivity contribution in [2.75, 3.05) is 13.1 Å². The number of amides is 1. The number of likely N-dealkylation sites (tertiary alicyclic amines) is 1. The van der Waals surface area contributed by atoms with Gasteiger partial charge in [-0.15, -0.1) is 11.3 Å². The number of alkyl halides is 2. The molecule has 0 saturated carbocycles. The van der Waals surface area contributed by atoms with Crippen LogP contribution in [0.4, 0.5) is 14.5 Å². The highest BCUT2D eigenvalue weighted by Crippen LogP contribution is 2.26. The summed E-state index contributed by atoms with van der Waals surface area (Å²) in [6.07, 6.45) is 2.14. The summed E-state index contributed by atoms with van der Waals surface area (Å²) in [4.78, 5) is 20.1. The van der Waals surface area contributed by atoms with Crippen molar-refractivity contribution in [1.29, 1.82) is 0 Å². The highest BCUT2D eigenvalue weighted by molar-refractivity contribution is 7.99. The molecule has 1 fully saturated rings. The number of halogens is 2. The zero-order valence-corrected chi connectivity index (χ0v) is 15.5. The van der Waals surface area contributed by atoms with Gasteiger partial charge in [0.25, 0.3) is 5.76 Å². The highest BCUT2D eigenvalue weighted by Gasteiger charge is 2.19. The van der Waals surface area contributed by atoms with E-state index in [4.69, 9.17) is 0 Å². The quantitative estimate of drug-likeness (QED) is 0.731. The van der Waals surface area contributed by atoms with Crippen molar-refractivity contribution in [2.24, 2.45) is 4.99 Å². The third-order valence-corrected chi connectivity index (χ3v) is 5.73. The molecule has 0 bridgehead atoms. The number of nitrogens with zero attached hydrogens (tertiary/aromatic N) is 3. The lowest BCUT2D eigenvalue weighted by atomic mass is 10.3. The van der Waals surface area contributed by atoms with Crippen LogP contribution < -0.4 is 4.80 Å². The van der Waals surface area contributed by atoms with Gasteiger partial charge in [0.15, 0.2) is 4.80 Å². The fraction of sp³-hybridized carbons (Fsp3) is 0.412. The van der Waals surface area contributed by atoms with E-state index in [1.165, 1.54) is 11.3 Å². The van der Waals surface area contributed by atoms with E-state index in [1.807, 2.05) is 21.8 Å². The maximum absolute atomic E-state index is 12.4. The number of hydrogen-bond donors (Lipinski definition) is 0. The molecule has 0 atom stereocenters. The maximum Gasteiger partial charge on any atom is 0.288 e. The van der Waals surface area contributed by atoms with Gasteiger partial charge in [-0.25, -0.2) is 4.99 Å². The van der Waals surface area contributed by atoms with E-state index in [0.29, 0.717) is 22.3 Å². The minimum atomic E-state index is -2.43. The summed E-state index contributed by atoms with van der Waals surface area (Å²) in [5.41, 5.74) is 1.67. The SMILES string of the molecule is Cc1csc(=Nc2ccc(SC(F)F)cc2)n1CC(=O)N1CCCC1. The normalized spacial score (nSPS) is 15.4. The van der Waals surface area contributed by atoms with Crippen molar-refractivity contribution in [2.45, 2.75) is 37.0 Å². The lowest BCUT2D eigenvalue weighted by Gasteiger charge is -2.16. The molecule has 2 heterocycles. The molecule has 1 saturated heterocycles. The molecule has 4 nitrogen and oxygen atoms in total. The van der Waals surface area contributed by atoms with Crippen LogP contribution in [0, 0.1) is 6.92 Å². The van der Waals surface area contributed by atoms with Gasteiger partial charge in [0.2, 0.25) is 5.91 Å². The molecule has 0 N–H and O–H groups in total. The van der Waals surface area contributed by atoms with Gasteiger partial charge in [0.1, 0.15) is 6.54 Å². The molecule has 2 aromatic rings. The van der Waals surface area contributed by atoms with Gasteiger partial charge in [-0.1, -0.05) is 11.8 Å². The maximum atomic E-state index is 12.4. The minimum absolute atomic E-state index is 0.115. The summed E-state index contributed by atoms with van der Waals surface area (Å²) in [6, 6.07) is 6.70. The summed E-state index contributed by atoms with van der Waals surface area (Å²) in [6.45, 7) is 3.90. The van der Waals surface area contributed by atoms with Crippen molar-refractivity contribution in [3.63, 3.8) is 0 Å². The molecule has 1 aliphatic heterocycles. The number of benzene rings is 1. The standard InChI is InChI=1S/C17H19F2N3OS2/c1-12-11-24-17(22(12)10-15(23)21-8-2-3-9-21)20-13-4-6-14(7-5-13)25-16(18)19/h4-7,11,16H,2-3,8-10H2,1H3. The Bertz CT molecular complexity index is 793. The molecule has 134 valence electrons. The summed E-state index contributed by atoms with van der Waals surface area (Å²) in [7, 11) is 0. The lowest BCUT2D eigenvalue weighted by Crippen LogP contribution is -2.33. The number of carbonyl (C=O) groups is 1. The molecular formula is C17H19F2N3OS2. The second kappa shape index (κ2) is 8.14. The smallest absolute Gasteiger partial charge is 0.288 e. The predicted molar refractivity (Wildman–Crippen MR) is 96.4 cm³/mol. The van der Waals surface area contributed by atoms with Crippen LogP contribution in [-0.2, 0) is 11.3 Å². The van der Waals surface area contributed by atoms with Gasteiger partial charge in [0, 0.05) is 29.1 Å². The molecule has 0 unspecified atom stereocenters. The van der Waals surface area contributed by atoms with Crippen LogP contribution in [0.3, 0.4) is 0 Å². The third-order valence-electron chi connectivity index (χ3n) is 4.03. The molecule has 0 spiro atoms. The summed E-state index contributed by atoms with van der Waals surface area (Å²) in [5, 5.41) is 1.97. The van der Waals surface area contributed by atoms with Gasteiger partial charge in [-0.05, 0) is 44.0 Å². The summed E-state index contributed by atoms with van der Waals surface area (Å²) in [5.74, 6) is -2.31. The third kappa shape index (κ3) is 4.70. The molecule has 0 radical (unpaired) electrons. The molecular weight excluding hydrogens is 364 g/mol.